The van der Waals surface area contributed by atoms with Gasteiger partial charge in [0.2, 0.25) is 11.8 Å². The molecule has 1 aliphatic heterocycles. The Balaban J connectivity index is 1.84. The maximum absolute atomic E-state index is 12.6. The second-order valence-electron chi connectivity index (χ2n) is 6.67. The van der Waals surface area contributed by atoms with Crippen molar-refractivity contribution < 1.29 is 9.59 Å². The van der Waals surface area contributed by atoms with Crippen molar-refractivity contribution in [2.45, 2.75) is 32.6 Å². The molecule has 1 aromatic heterocycles. The summed E-state index contributed by atoms with van der Waals surface area (Å²) in [5.41, 5.74) is 9.28. The van der Waals surface area contributed by atoms with Gasteiger partial charge in [0.25, 0.3) is 0 Å². The molecular formula is C20H24N4O2. The molecule has 136 valence electrons. The standard InChI is InChI=1S/C20H24N4O2/c1-14-7-8-22-13-16(14)12-19(25)23-17-11-15(20(21)26)5-6-18(17)24-9-3-2-4-10-24/h5-8,11,13H,2-4,9-10,12H2,1H3,(H2,21,26)(H,23,25). The van der Waals surface area contributed by atoms with Crippen LogP contribution in [0.15, 0.2) is 36.7 Å². The minimum Gasteiger partial charge on any atom is -0.370 e. The number of nitrogens with one attached hydrogen (secondary N) is 1. The summed E-state index contributed by atoms with van der Waals surface area (Å²) in [6.45, 7) is 3.85. The molecule has 26 heavy (non-hydrogen) atoms. The van der Waals surface area contributed by atoms with Gasteiger partial charge in [-0.3, -0.25) is 14.6 Å². The minimum absolute atomic E-state index is 0.138. The predicted octanol–water partition coefficient (Wildman–Crippen LogP) is 2.66. The van der Waals surface area contributed by atoms with Crippen molar-refractivity contribution in [2.24, 2.45) is 5.73 Å². The Kier molecular flexibility index (Phi) is 5.51. The number of pyridine rings is 1. The van der Waals surface area contributed by atoms with Crippen molar-refractivity contribution >= 4 is 23.2 Å². The largest absolute Gasteiger partial charge is 0.370 e. The zero-order valence-electron chi connectivity index (χ0n) is 15.0. The van der Waals surface area contributed by atoms with E-state index < -0.39 is 5.91 Å². The summed E-state index contributed by atoms with van der Waals surface area (Å²) < 4.78 is 0. The van der Waals surface area contributed by atoms with E-state index in [0.29, 0.717) is 11.3 Å². The second kappa shape index (κ2) is 7.99. The Bertz CT molecular complexity index is 813. The van der Waals surface area contributed by atoms with E-state index in [1.165, 1.54) is 6.42 Å². The van der Waals surface area contributed by atoms with Gasteiger partial charge in [-0.05, 0) is 61.6 Å². The first kappa shape index (κ1) is 17.9. The highest BCUT2D eigenvalue weighted by atomic mass is 16.2. The van der Waals surface area contributed by atoms with Crippen LogP contribution in [0.25, 0.3) is 0 Å². The third-order valence-corrected chi connectivity index (χ3v) is 4.75. The summed E-state index contributed by atoms with van der Waals surface area (Å²) in [7, 11) is 0. The number of hydrogen-bond acceptors (Lipinski definition) is 4. The number of hydrogen-bond donors (Lipinski definition) is 2. The van der Waals surface area contributed by atoms with Crippen molar-refractivity contribution in [1.29, 1.82) is 0 Å². The fourth-order valence-corrected chi connectivity index (χ4v) is 3.25. The van der Waals surface area contributed by atoms with Crippen molar-refractivity contribution in [1.82, 2.24) is 4.98 Å². The molecule has 2 amide bonds. The Morgan fingerprint density at radius 2 is 1.96 bits per heavy atom. The van der Waals surface area contributed by atoms with Crippen LogP contribution < -0.4 is 16.0 Å². The highest BCUT2D eigenvalue weighted by molar-refractivity contribution is 6.00. The number of nitrogens with zero attached hydrogens (tertiary/aromatic N) is 2. The second-order valence-corrected chi connectivity index (χ2v) is 6.67. The lowest BCUT2D eigenvalue weighted by atomic mass is 10.1. The summed E-state index contributed by atoms with van der Waals surface area (Å²) in [6.07, 6.45) is 7.12. The summed E-state index contributed by atoms with van der Waals surface area (Å²) >= 11 is 0. The van der Waals surface area contributed by atoms with E-state index in [2.05, 4.69) is 15.2 Å². The smallest absolute Gasteiger partial charge is 0.248 e. The van der Waals surface area contributed by atoms with Crippen molar-refractivity contribution in [2.75, 3.05) is 23.3 Å². The zero-order chi connectivity index (χ0) is 18.5. The van der Waals surface area contributed by atoms with Crippen LogP contribution in [0.5, 0.6) is 0 Å². The number of benzene rings is 1. The first-order valence-corrected chi connectivity index (χ1v) is 8.93. The van der Waals surface area contributed by atoms with Crippen LogP contribution in [-0.4, -0.2) is 29.9 Å². The molecular weight excluding hydrogens is 328 g/mol. The molecule has 1 aromatic carbocycles. The Morgan fingerprint density at radius 1 is 1.19 bits per heavy atom. The third-order valence-electron chi connectivity index (χ3n) is 4.75. The molecule has 6 nitrogen and oxygen atoms in total. The van der Waals surface area contributed by atoms with E-state index in [-0.39, 0.29) is 12.3 Å². The molecule has 0 bridgehead atoms. The summed E-state index contributed by atoms with van der Waals surface area (Å²) in [5.74, 6) is -0.644. The minimum atomic E-state index is -0.506. The van der Waals surface area contributed by atoms with E-state index in [1.807, 2.05) is 19.1 Å². The van der Waals surface area contributed by atoms with Crippen LogP contribution in [0.2, 0.25) is 0 Å². The quantitative estimate of drug-likeness (QED) is 0.866. The summed E-state index contributed by atoms with van der Waals surface area (Å²) in [4.78, 5) is 30.5. The number of primary amides is 1. The lowest BCUT2D eigenvalue weighted by Crippen LogP contribution is -2.30. The Hall–Kier alpha value is -2.89. The number of piperidine rings is 1. The maximum Gasteiger partial charge on any atom is 0.248 e. The van der Waals surface area contributed by atoms with E-state index in [0.717, 1.165) is 42.7 Å². The molecule has 1 fully saturated rings. The number of aryl methyl sites for hydroxylation is 1. The number of carbonyl (C=O) groups excluding carboxylic acids is 2. The third kappa shape index (κ3) is 4.20. The topological polar surface area (TPSA) is 88.3 Å². The molecule has 0 unspecified atom stereocenters. The average molecular weight is 352 g/mol. The van der Waals surface area contributed by atoms with Gasteiger partial charge < -0.3 is 16.0 Å². The summed E-state index contributed by atoms with van der Waals surface area (Å²) in [5, 5.41) is 2.96. The molecule has 6 heteroatoms. The number of aromatic nitrogens is 1. The lowest BCUT2D eigenvalue weighted by molar-refractivity contribution is -0.115. The normalized spacial score (nSPS) is 14.1. The molecule has 1 aliphatic rings. The predicted molar refractivity (Wildman–Crippen MR) is 102 cm³/mol. The van der Waals surface area contributed by atoms with E-state index in [1.54, 1.807) is 24.5 Å². The zero-order valence-corrected chi connectivity index (χ0v) is 15.0. The van der Waals surface area contributed by atoms with Gasteiger partial charge in [0.05, 0.1) is 17.8 Å². The van der Waals surface area contributed by atoms with Crippen LogP contribution in [0.1, 0.15) is 40.7 Å². The number of carbonyl (C=O) groups is 2. The molecule has 0 aliphatic carbocycles. The first-order valence-electron chi connectivity index (χ1n) is 8.93. The maximum atomic E-state index is 12.6. The molecule has 1 saturated heterocycles. The van der Waals surface area contributed by atoms with E-state index in [4.69, 9.17) is 5.73 Å². The van der Waals surface area contributed by atoms with Gasteiger partial charge in [0, 0.05) is 31.0 Å². The number of rotatable bonds is 5. The molecule has 3 rings (SSSR count). The Labute approximate surface area is 153 Å². The van der Waals surface area contributed by atoms with Gasteiger partial charge >= 0.3 is 0 Å². The fourth-order valence-electron chi connectivity index (χ4n) is 3.25. The monoisotopic (exact) mass is 352 g/mol. The lowest BCUT2D eigenvalue weighted by Gasteiger charge is -2.30. The van der Waals surface area contributed by atoms with Crippen molar-refractivity contribution in [3.8, 4) is 0 Å². The SMILES string of the molecule is Cc1ccncc1CC(=O)Nc1cc(C(N)=O)ccc1N1CCCCC1. The first-order chi connectivity index (χ1) is 12.5. The molecule has 3 N–H and O–H groups in total. The molecule has 2 aromatic rings. The van der Waals surface area contributed by atoms with Gasteiger partial charge in [-0.15, -0.1) is 0 Å². The highest BCUT2D eigenvalue weighted by Crippen LogP contribution is 2.30. The fraction of sp³-hybridized carbons (Fsp3) is 0.350. The molecule has 0 spiro atoms. The van der Waals surface area contributed by atoms with Crippen LogP contribution >= 0.6 is 0 Å². The highest BCUT2D eigenvalue weighted by Gasteiger charge is 2.18. The van der Waals surface area contributed by atoms with Gasteiger partial charge in [-0.1, -0.05) is 0 Å². The molecule has 0 radical (unpaired) electrons. The summed E-state index contributed by atoms with van der Waals surface area (Å²) in [6, 6.07) is 7.14. The van der Waals surface area contributed by atoms with Crippen molar-refractivity contribution in [3.05, 3.63) is 53.3 Å². The van der Waals surface area contributed by atoms with Gasteiger partial charge in [-0.25, -0.2) is 0 Å². The van der Waals surface area contributed by atoms with Crippen LogP contribution in [0, 0.1) is 6.92 Å². The van der Waals surface area contributed by atoms with Gasteiger partial charge in [-0.2, -0.15) is 0 Å². The Morgan fingerprint density at radius 3 is 2.65 bits per heavy atom. The van der Waals surface area contributed by atoms with Gasteiger partial charge in [0.1, 0.15) is 0 Å². The van der Waals surface area contributed by atoms with E-state index >= 15 is 0 Å². The van der Waals surface area contributed by atoms with Gasteiger partial charge in [0.15, 0.2) is 0 Å². The molecule has 2 heterocycles. The average Bonchev–Trinajstić information content (AvgIpc) is 2.64. The molecule has 0 atom stereocenters. The number of amides is 2. The van der Waals surface area contributed by atoms with E-state index in [9.17, 15) is 9.59 Å². The van der Waals surface area contributed by atoms with Crippen molar-refractivity contribution in [3.63, 3.8) is 0 Å². The number of anilines is 2. The van der Waals surface area contributed by atoms with Crippen LogP contribution in [-0.2, 0) is 11.2 Å². The number of nitrogens with two attached hydrogens (primary N) is 1. The molecule has 0 saturated carbocycles. The van der Waals surface area contributed by atoms with Crippen LogP contribution in [0.4, 0.5) is 11.4 Å². The van der Waals surface area contributed by atoms with Crippen LogP contribution in [0.3, 0.4) is 0 Å².